The minimum absolute atomic E-state index is 0.0117. The first-order valence-electron chi connectivity index (χ1n) is 12.4. The molecule has 194 valence electrons. The van der Waals surface area contributed by atoms with Crippen LogP contribution in [0.25, 0.3) is 0 Å². The molecule has 0 saturated carbocycles. The summed E-state index contributed by atoms with van der Waals surface area (Å²) >= 11 is 6.22. The molecule has 0 heterocycles. The van der Waals surface area contributed by atoms with Crippen LogP contribution < -0.4 is 10.0 Å². The largest absolute Gasteiger partial charge is 0.479 e. The Hall–Kier alpha value is -1.77. The molecule has 34 heavy (non-hydrogen) atoms. The topological polar surface area (TPSA) is 105 Å². The van der Waals surface area contributed by atoms with E-state index in [0.717, 1.165) is 25.3 Å². The fourth-order valence-electron chi connectivity index (χ4n) is 3.53. The van der Waals surface area contributed by atoms with E-state index in [9.17, 15) is 13.2 Å². The molecule has 9 heteroatoms. The second-order valence-corrected chi connectivity index (χ2v) is 10.5. The van der Waals surface area contributed by atoms with Crippen LogP contribution in [0.3, 0.4) is 0 Å². The highest BCUT2D eigenvalue weighted by Crippen LogP contribution is 2.26. The van der Waals surface area contributed by atoms with Gasteiger partial charge in [-0.15, -0.1) is 0 Å². The molecule has 1 aromatic carbocycles. The van der Waals surface area contributed by atoms with Crippen molar-refractivity contribution in [3.63, 3.8) is 0 Å². The summed E-state index contributed by atoms with van der Waals surface area (Å²) < 4.78 is 33.0. The van der Waals surface area contributed by atoms with Crippen molar-refractivity contribution in [3.8, 4) is 0 Å². The van der Waals surface area contributed by atoms with Crippen molar-refractivity contribution >= 4 is 33.3 Å². The number of anilines is 1. The molecule has 0 aliphatic carbocycles. The van der Waals surface area contributed by atoms with Crippen LogP contribution in [0, 0.1) is 0 Å². The lowest BCUT2D eigenvalue weighted by atomic mass is 10.1. The van der Waals surface area contributed by atoms with Crippen LogP contribution in [0.4, 0.5) is 5.69 Å². The number of aliphatic carboxylic acids is 1. The van der Waals surface area contributed by atoms with Gasteiger partial charge in [-0.2, -0.15) is 0 Å². The summed E-state index contributed by atoms with van der Waals surface area (Å²) in [5, 5.41) is 11.8. The molecule has 0 aromatic heterocycles. The molecule has 0 spiro atoms. The zero-order valence-corrected chi connectivity index (χ0v) is 22.1. The molecular weight excluding hydrogens is 476 g/mol. The fourth-order valence-corrected chi connectivity index (χ4v) is 4.93. The van der Waals surface area contributed by atoms with Crippen molar-refractivity contribution in [3.05, 3.63) is 35.2 Å². The molecule has 0 fully saturated rings. The summed E-state index contributed by atoms with van der Waals surface area (Å²) in [6, 6.07) is 4.23. The smallest absolute Gasteiger partial charge is 0.333 e. The Morgan fingerprint density at radius 2 is 1.53 bits per heavy atom. The van der Waals surface area contributed by atoms with E-state index in [4.69, 9.17) is 21.4 Å². The molecule has 0 bridgehead atoms. The van der Waals surface area contributed by atoms with E-state index in [1.54, 1.807) is 6.92 Å². The number of hydrogen-bond acceptors (Lipinski definition) is 5. The standard InChI is InChI=1S/C25H41ClN2O5S/c1-3-5-6-7-8-9-10-11-12-13-14-15-18-27-34(31,32)21-16-17-23(22(26)19-21)28-24(33-4-2)20-25(29)30/h16-17,19-20,27-28H,3-15,18H2,1-2H3,(H,29,30)/b24-20-. The maximum Gasteiger partial charge on any atom is 0.333 e. The lowest BCUT2D eigenvalue weighted by molar-refractivity contribution is -0.131. The van der Waals surface area contributed by atoms with E-state index in [1.807, 2.05) is 0 Å². The predicted molar refractivity (Wildman–Crippen MR) is 139 cm³/mol. The van der Waals surface area contributed by atoms with Gasteiger partial charge in [0.15, 0.2) is 5.88 Å². The number of unbranched alkanes of at least 4 members (excludes halogenated alkanes) is 11. The number of rotatable bonds is 20. The van der Waals surface area contributed by atoms with Crippen LogP contribution in [0.1, 0.15) is 90.9 Å². The van der Waals surface area contributed by atoms with Crippen molar-refractivity contribution < 1.29 is 23.1 Å². The third kappa shape index (κ3) is 13.2. The number of carboxylic acids is 1. The molecule has 0 amide bonds. The Labute approximate surface area is 210 Å². The zero-order valence-electron chi connectivity index (χ0n) is 20.6. The van der Waals surface area contributed by atoms with Crippen LogP contribution in [0.5, 0.6) is 0 Å². The number of halogens is 1. The van der Waals surface area contributed by atoms with E-state index in [2.05, 4.69) is 17.0 Å². The summed E-state index contributed by atoms with van der Waals surface area (Å²) in [5.74, 6) is -1.16. The molecule has 1 aromatic rings. The average Bonchev–Trinajstić information content (AvgIpc) is 2.78. The van der Waals surface area contributed by atoms with Crippen LogP contribution in [-0.2, 0) is 19.6 Å². The van der Waals surface area contributed by atoms with Crippen LogP contribution in [0.2, 0.25) is 5.02 Å². The molecule has 0 atom stereocenters. The minimum Gasteiger partial charge on any atom is -0.479 e. The molecule has 7 nitrogen and oxygen atoms in total. The summed E-state index contributed by atoms with van der Waals surface area (Å²) in [5.41, 5.74) is 0.350. The SMILES string of the molecule is CCCCCCCCCCCCCCNS(=O)(=O)c1ccc(N/C(=C/C(=O)O)OCC)c(Cl)c1. The summed E-state index contributed by atoms with van der Waals surface area (Å²) in [6.45, 7) is 4.60. The molecular formula is C25H41ClN2O5S. The van der Waals surface area contributed by atoms with Gasteiger partial charge in [0.1, 0.15) is 0 Å². The monoisotopic (exact) mass is 516 g/mol. The van der Waals surface area contributed by atoms with Gasteiger partial charge in [0, 0.05) is 6.54 Å². The summed E-state index contributed by atoms with van der Waals surface area (Å²) in [4.78, 5) is 11.0. The first-order valence-corrected chi connectivity index (χ1v) is 14.3. The van der Waals surface area contributed by atoms with Crippen LogP contribution >= 0.6 is 11.6 Å². The van der Waals surface area contributed by atoms with Crippen molar-refractivity contribution in [1.82, 2.24) is 4.72 Å². The highest BCUT2D eigenvalue weighted by molar-refractivity contribution is 7.89. The number of carbonyl (C=O) groups is 1. The van der Waals surface area contributed by atoms with Gasteiger partial charge >= 0.3 is 5.97 Å². The van der Waals surface area contributed by atoms with Gasteiger partial charge in [0.05, 0.1) is 28.3 Å². The van der Waals surface area contributed by atoms with Gasteiger partial charge in [0.2, 0.25) is 10.0 Å². The van der Waals surface area contributed by atoms with Gasteiger partial charge in [0.25, 0.3) is 0 Å². The van der Waals surface area contributed by atoms with E-state index in [-0.39, 0.29) is 22.4 Å². The Morgan fingerprint density at radius 3 is 2.03 bits per heavy atom. The van der Waals surface area contributed by atoms with Gasteiger partial charge in [-0.3, -0.25) is 0 Å². The van der Waals surface area contributed by atoms with E-state index in [0.29, 0.717) is 12.2 Å². The van der Waals surface area contributed by atoms with Crippen molar-refractivity contribution in [1.29, 1.82) is 0 Å². The van der Waals surface area contributed by atoms with Gasteiger partial charge in [-0.25, -0.2) is 17.9 Å². The second kappa shape index (κ2) is 17.6. The van der Waals surface area contributed by atoms with Gasteiger partial charge in [-0.05, 0) is 31.5 Å². The number of carboxylic acid groups (broad SMARTS) is 1. The first kappa shape index (κ1) is 30.3. The lowest BCUT2D eigenvalue weighted by Crippen LogP contribution is -2.24. The molecule has 0 unspecified atom stereocenters. The second-order valence-electron chi connectivity index (χ2n) is 8.33. The number of hydrogen-bond donors (Lipinski definition) is 3. The van der Waals surface area contributed by atoms with E-state index < -0.39 is 16.0 Å². The third-order valence-corrected chi connectivity index (χ3v) is 7.16. The Kier molecular flexibility index (Phi) is 15.7. The summed E-state index contributed by atoms with van der Waals surface area (Å²) in [7, 11) is -3.67. The highest BCUT2D eigenvalue weighted by atomic mass is 35.5. The van der Waals surface area contributed by atoms with E-state index >= 15 is 0 Å². The van der Waals surface area contributed by atoms with Crippen LogP contribution in [0.15, 0.2) is 35.1 Å². The van der Waals surface area contributed by atoms with Gasteiger partial charge in [-0.1, -0.05) is 89.2 Å². The van der Waals surface area contributed by atoms with Crippen molar-refractivity contribution in [2.45, 2.75) is 95.8 Å². The summed E-state index contributed by atoms with van der Waals surface area (Å²) in [6.07, 6.45) is 15.6. The Balaban J connectivity index is 2.35. The zero-order chi connectivity index (χ0) is 25.2. The Bertz CT molecular complexity index is 859. The van der Waals surface area contributed by atoms with E-state index in [1.165, 1.54) is 76.0 Å². The molecule has 3 N–H and O–H groups in total. The maximum absolute atomic E-state index is 12.6. The molecule has 0 aliphatic rings. The van der Waals surface area contributed by atoms with Crippen molar-refractivity contribution in [2.75, 3.05) is 18.5 Å². The molecule has 1 rings (SSSR count). The quantitative estimate of drug-likeness (QED) is 0.101. The minimum atomic E-state index is -3.67. The van der Waals surface area contributed by atoms with Gasteiger partial charge < -0.3 is 15.2 Å². The fraction of sp³-hybridized carbons (Fsp3) is 0.640. The number of sulfonamides is 1. The highest BCUT2D eigenvalue weighted by Gasteiger charge is 2.16. The predicted octanol–water partition coefficient (Wildman–Crippen LogP) is 6.69. The Morgan fingerprint density at radius 1 is 0.971 bits per heavy atom. The molecule has 0 radical (unpaired) electrons. The number of nitrogens with one attached hydrogen (secondary N) is 2. The molecule has 0 aliphatic heterocycles. The normalized spacial score (nSPS) is 12.0. The average molecular weight is 517 g/mol. The van der Waals surface area contributed by atoms with Crippen molar-refractivity contribution in [2.24, 2.45) is 0 Å². The third-order valence-electron chi connectivity index (χ3n) is 5.39. The number of ether oxygens (including phenoxy) is 1. The number of benzene rings is 1. The molecule has 0 saturated heterocycles. The lowest BCUT2D eigenvalue weighted by Gasteiger charge is -2.13. The maximum atomic E-state index is 12.6. The first-order chi connectivity index (χ1) is 16.3. The van der Waals surface area contributed by atoms with Crippen LogP contribution in [-0.4, -0.2) is 32.6 Å².